The van der Waals surface area contributed by atoms with Gasteiger partial charge in [0, 0.05) is 32.3 Å². The largest absolute Gasteiger partial charge is 0.396 e. The van der Waals surface area contributed by atoms with Gasteiger partial charge in [0.05, 0.1) is 0 Å². The molecule has 0 bridgehead atoms. The molecule has 0 aliphatic carbocycles. The van der Waals surface area contributed by atoms with Crippen molar-refractivity contribution in [3.05, 3.63) is 35.9 Å². The van der Waals surface area contributed by atoms with Gasteiger partial charge in [-0.15, -0.1) is 0 Å². The summed E-state index contributed by atoms with van der Waals surface area (Å²) in [5, 5.41) is 16.3. The first-order chi connectivity index (χ1) is 13.0. The lowest BCUT2D eigenvalue weighted by atomic mass is 9.79. The molecule has 1 atom stereocenters. The average molecular weight is 377 g/mol. The van der Waals surface area contributed by atoms with Crippen molar-refractivity contribution >= 4 is 5.96 Å². The second kappa shape index (κ2) is 12.7. The smallest absolute Gasteiger partial charge is 0.191 e. The van der Waals surface area contributed by atoms with Gasteiger partial charge in [0.1, 0.15) is 0 Å². The van der Waals surface area contributed by atoms with E-state index in [-0.39, 0.29) is 12.0 Å². The van der Waals surface area contributed by atoms with Crippen LogP contribution in [0.1, 0.15) is 45.6 Å². The maximum atomic E-state index is 9.42. The Morgan fingerprint density at radius 3 is 2.30 bits per heavy atom. The van der Waals surface area contributed by atoms with Crippen LogP contribution in [0.2, 0.25) is 0 Å². The maximum absolute atomic E-state index is 9.42. The Labute approximate surface area is 166 Å². The zero-order valence-electron chi connectivity index (χ0n) is 18.0. The number of likely N-dealkylation sites (N-methyl/N-ethyl adjacent to an activating group) is 1. The summed E-state index contributed by atoms with van der Waals surface area (Å²) >= 11 is 0. The number of hydrogen-bond acceptors (Lipinski definition) is 3. The number of nitrogens with one attached hydrogen (secondary N) is 2. The Hall–Kier alpha value is -1.59. The van der Waals surface area contributed by atoms with E-state index in [1.807, 2.05) is 0 Å². The molecule has 1 aromatic carbocycles. The second-order valence-corrected chi connectivity index (χ2v) is 7.56. The van der Waals surface area contributed by atoms with Crippen molar-refractivity contribution in [2.24, 2.45) is 10.4 Å². The van der Waals surface area contributed by atoms with E-state index >= 15 is 0 Å². The summed E-state index contributed by atoms with van der Waals surface area (Å²) < 4.78 is 0. The number of rotatable bonds is 12. The van der Waals surface area contributed by atoms with Crippen LogP contribution >= 0.6 is 0 Å². The molecule has 0 aliphatic heterocycles. The fourth-order valence-corrected chi connectivity index (χ4v) is 3.27. The molecule has 0 saturated carbocycles. The third kappa shape index (κ3) is 8.31. The van der Waals surface area contributed by atoms with Crippen LogP contribution in [0, 0.1) is 5.41 Å². The highest BCUT2D eigenvalue weighted by atomic mass is 16.3. The summed E-state index contributed by atoms with van der Waals surface area (Å²) in [5.41, 5.74) is 1.43. The van der Waals surface area contributed by atoms with Gasteiger partial charge in [-0.3, -0.25) is 4.99 Å². The molecule has 0 fully saturated rings. The number of aliphatic imine (C=N–C) groups is 1. The van der Waals surface area contributed by atoms with Crippen LogP contribution in [-0.2, 0) is 6.42 Å². The molecule has 1 aromatic rings. The van der Waals surface area contributed by atoms with Crippen molar-refractivity contribution in [1.29, 1.82) is 0 Å². The van der Waals surface area contributed by atoms with E-state index in [1.165, 1.54) is 5.56 Å². The Morgan fingerprint density at radius 1 is 1.11 bits per heavy atom. The average Bonchev–Trinajstić information content (AvgIpc) is 2.68. The summed E-state index contributed by atoms with van der Waals surface area (Å²) in [6, 6.07) is 11.0. The minimum Gasteiger partial charge on any atom is -0.396 e. The lowest BCUT2D eigenvalue weighted by Gasteiger charge is -2.30. The molecule has 5 heteroatoms. The molecule has 1 unspecified atom stereocenters. The zero-order chi connectivity index (χ0) is 20.1. The van der Waals surface area contributed by atoms with Gasteiger partial charge in [-0.2, -0.15) is 0 Å². The topological polar surface area (TPSA) is 59.9 Å². The van der Waals surface area contributed by atoms with Gasteiger partial charge in [-0.25, -0.2) is 0 Å². The summed E-state index contributed by atoms with van der Waals surface area (Å²) in [6.07, 6.45) is 3.86. The van der Waals surface area contributed by atoms with Gasteiger partial charge in [0.25, 0.3) is 0 Å². The van der Waals surface area contributed by atoms with Gasteiger partial charge >= 0.3 is 0 Å². The predicted octanol–water partition coefficient (Wildman–Crippen LogP) is 2.90. The van der Waals surface area contributed by atoms with Gasteiger partial charge in [-0.05, 0) is 57.7 Å². The lowest BCUT2D eigenvalue weighted by Crippen LogP contribution is -2.46. The van der Waals surface area contributed by atoms with Crippen molar-refractivity contribution in [1.82, 2.24) is 15.5 Å². The van der Waals surface area contributed by atoms with Crippen molar-refractivity contribution in [2.45, 2.75) is 52.5 Å². The molecule has 0 amide bonds. The van der Waals surface area contributed by atoms with Gasteiger partial charge < -0.3 is 20.6 Å². The van der Waals surface area contributed by atoms with Crippen LogP contribution in [0.15, 0.2) is 35.3 Å². The summed E-state index contributed by atoms with van der Waals surface area (Å²) in [5.74, 6) is 0.863. The van der Waals surface area contributed by atoms with E-state index in [0.29, 0.717) is 6.04 Å². The molecule has 5 nitrogen and oxygen atoms in total. The quantitative estimate of drug-likeness (QED) is 0.388. The SMILES string of the molecule is CCNC(=NCC(CC)(CC)CCO)NCC(Cc1ccccc1)N(C)C. The van der Waals surface area contributed by atoms with Crippen LogP contribution in [0.25, 0.3) is 0 Å². The highest BCUT2D eigenvalue weighted by molar-refractivity contribution is 5.79. The van der Waals surface area contributed by atoms with Gasteiger partial charge in [0.15, 0.2) is 5.96 Å². The van der Waals surface area contributed by atoms with Crippen LogP contribution < -0.4 is 10.6 Å². The molecule has 0 spiro atoms. The summed E-state index contributed by atoms with van der Waals surface area (Å²) in [6.45, 7) is 9.10. The second-order valence-electron chi connectivity index (χ2n) is 7.56. The molecule has 0 aliphatic rings. The van der Waals surface area contributed by atoms with Crippen LogP contribution in [0.5, 0.6) is 0 Å². The van der Waals surface area contributed by atoms with Crippen LogP contribution in [0.3, 0.4) is 0 Å². The number of benzene rings is 1. The third-order valence-electron chi connectivity index (χ3n) is 5.61. The molecule has 27 heavy (non-hydrogen) atoms. The highest BCUT2D eigenvalue weighted by Gasteiger charge is 2.25. The maximum Gasteiger partial charge on any atom is 0.191 e. The van der Waals surface area contributed by atoms with E-state index in [2.05, 4.69) is 80.7 Å². The zero-order valence-corrected chi connectivity index (χ0v) is 18.0. The number of nitrogens with zero attached hydrogens (tertiary/aromatic N) is 2. The molecule has 0 saturated heterocycles. The van der Waals surface area contributed by atoms with Crippen molar-refractivity contribution in [2.75, 3.05) is 40.3 Å². The molecule has 0 aromatic heterocycles. The number of hydrogen-bond donors (Lipinski definition) is 3. The number of aliphatic hydroxyl groups is 1. The van der Waals surface area contributed by atoms with E-state index in [9.17, 15) is 5.11 Å². The molecule has 3 N–H and O–H groups in total. The molecule has 0 radical (unpaired) electrons. The molecular formula is C22H40N4O. The van der Waals surface area contributed by atoms with Gasteiger partial charge in [-0.1, -0.05) is 44.2 Å². The Morgan fingerprint density at radius 2 is 1.78 bits per heavy atom. The van der Waals surface area contributed by atoms with E-state index in [4.69, 9.17) is 4.99 Å². The minimum atomic E-state index is 0.0854. The Kier molecular flexibility index (Phi) is 11.1. The first kappa shape index (κ1) is 23.4. The third-order valence-corrected chi connectivity index (χ3v) is 5.61. The monoisotopic (exact) mass is 376 g/mol. The fourth-order valence-electron chi connectivity index (χ4n) is 3.27. The normalized spacial score (nSPS) is 13.7. The molecule has 1 rings (SSSR count). The van der Waals surface area contributed by atoms with E-state index in [0.717, 1.165) is 51.3 Å². The highest BCUT2D eigenvalue weighted by Crippen LogP contribution is 2.30. The number of guanidine groups is 1. The predicted molar refractivity (Wildman–Crippen MR) is 116 cm³/mol. The van der Waals surface area contributed by atoms with E-state index < -0.39 is 0 Å². The van der Waals surface area contributed by atoms with Crippen molar-refractivity contribution < 1.29 is 5.11 Å². The number of aliphatic hydroxyl groups excluding tert-OH is 1. The molecule has 0 heterocycles. The van der Waals surface area contributed by atoms with Gasteiger partial charge in [0.2, 0.25) is 0 Å². The van der Waals surface area contributed by atoms with E-state index in [1.54, 1.807) is 0 Å². The molecular weight excluding hydrogens is 336 g/mol. The first-order valence-corrected chi connectivity index (χ1v) is 10.3. The standard InChI is InChI=1S/C22H40N4O/c1-6-22(7-2,14-15-27)18-25-21(23-8-3)24-17-20(26(4)5)16-19-12-10-9-11-13-19/h9-13,20,27H,6-8,14-18H2,1-5H3,(H2,23,24,25). The van der Waals surface area contributed by atoms with Crippen LogP contribution in [0.4, 0.5) is 0 Å². The first-order valence-electron chi connectivity index (χ1n) is 10.3. The lowest BCUT2D eigenvalue weighted by molar-refractivity contribution is 0.175. The summed E-state index contributed by atoms with van der Waals surface area (Å²) in [4.78, 5) is 7.11. The van der Waals surface area contributed by atoms with Crippen LogP contribution in [-0.4, -0.2) is 62.3 Å². The van der Waals surface area contributed by atoms with Crippen molar-refractivity contribution in [3.8, 4) is 0 Å². The summed E-state index contributed by atoms with van der Waals surface area (Å²) in [7, 11) is 4.25. The Balaban J connectivity index is 2.75. The van der Waals surface area contributed by atoms with Crippen molar-refractivity contribution in [3.63, 3.8) is 0 Å². The Bertz CT molecular complexity index is 526. The minimum absolute atomic E-state index is 0.0854. The molecule has 154 valence electrons. The fraction of sp³-hybridized carbons (Fsp3) is 0.682.